The summed E-state index contributed by atoms with van der Waals surface area (Å²) in [6.45, 7) is -0.571. The van der Waals surface area contributed by atoms with Gasteiger partial charge in [0.2, 0.25) is 17.7 Å². The monoisotopic (exact) mass is 537 g/mol. The minimum absolute atomic E-state index is 0.0431. The van der Waals surface area contributed by atoms with Crippen LogP contribution in [0.25, 0.3) is 10.9 Å². The fraction of sp³-hybridized carbons (Fsp3) is 0.296. The predicted molar refractivity (Wildman–Crippen MR) is 142 cm³/mol. The van der Waals surface area contributed by atoms with E-state index in [1.54, 1.807) is 36.5 Å². The highest BCUT2D eigenvalue weighted by atomic mass is 16.4. The number of carbonyl (C=O) groups is 5. The molecular formula is C27H31N5O7. The Morgan fingerprint density at radius 3 is 2.23 bits per heavy atom. The van der Waals surface area contributed by atoms with Crippen molar-refractivity contribution in [3.63, 3.8) is 0 Å². The number of para-hydroxylation sites is 1. The number of rotatable bonds is 14. The Bertz CT molecular complexity index is 1320. The summed E-state index contributed by atoms with van der Waals surface area (Å²) in [4.78, 5) is 63.7. The Morgan fingerprint density at radius 1 is 0.846 bits per heavy atom. The number of carboxylic acids is 2. The molecule has 0 saturated heterocycles. The maximum atomic E-state index is 12.8. The molecule has 12 heteroatoms. The number of aromatic amines is 1. The van der Waals surface area contributed by atoms with Gasteiger partial charge in [0.1, 0.15) is 12.1 Å². The van der Waals surface area contributed by atoms with Gasteiger partial charge >= 0.3 is 11.9 Å². The van der Waals surface area contributed by atoms with Crippen molar-refractivity contribution in [2.45, 2.75) is 43.8 Å². The molecule has 0 radical (unpaired) electrons. The fourth-order valence-corrected chi connectivity index (χ4v) is 4.03. The molecule has 0 spiro atoms. The van der Waals surface area contributed by atoms with E-state index in [0.29, 0.717) is 5.56 Å². The zero-order chi connectivity index (χ0) is 28.4. The first-order valence-electron chi connectivity index (χ1n) is 12.3. The first kappa shape index (κ1) is 28.9. The van der Waals surface area contributed by atoms with Gasteiger partial charge in [0, 0.05) is 29.9 Å². The second-order valence-electron chi connectivity index (χ2n) is 9.03. The second kappa shape index (κ2) is 13.7. The van der Waals surface area contributed by atoms with E-state index in [4.69, 9.17) is 10.8 Å². The predicted octanol–water partition coefficient (Wildman–Crippen LogP) is 0.316. The summed E-state index contributed by atoms with van der Waals surface area (Å²) in [6.07, 6.45) is 1.30. The van der Waals surface area contributed by atoms with E-state index in [0.717, 1.165) is 16.5 Å². The summed E-state index contributed by atoms with van der Waals surface area (Å²) in [5.41, 5.74) is 8.47. The Morgan fingerprint density at radius 2 is 1.54 bits per heavy atom. The number of nitrogens with one attached hydrogen (secondary N) is 4. The normalized spacial score (nSPS) is 13.2. The van der Waals surface area contributed by atoms with Crippen LogP contribution in [0.3, 0.4) is 0 Å². The maximum Gasteiger partial charge on any atom is 0.326 e. The summed E-state index contributed by atoms with van der Waals surface area (Å²) >= 11 is 0. The lowest BCUT2D eigenvalue weighted by molar-refractivity contribution is -0.141. The number of carbonyl (C=O) groups excluding carboxylic acids is 3. The molecule has 1 heterocycles. The lowest BCUT2D eigenvalue weighted by Gasteiger charge is -2.20. The first-order valence-corrected chi connectivity index (χ1v) is 12.3. The number of benzene rings is 2. The summed E-state index contributed by atoms with van der Waals surface area (Å²) in [5.74, 6) is -4.63. The summed E-state index contributed by atoms with van der Waals surface area (Å²) in [7, 11) is 0. The largest absolute Gasteiger partial charge is 0.481 e. The number of amides is 3. The zero-order valence-electron chi connectivity index (χ0n) is 21.1. The molecule has 3 rings (SSSR count). The van der Waals surface area contributed by atoms with Crippen LogP contribution >= 0.6 is 0 Å². The van der Waals surface area contributed by atoms with Crippen molar-refractivity contribution in [1.82, 2.24) is 20.9 Å². The van der Waals surface area contributed by atoms with Crippen molar-refractivity contribution >= 4 is 40.6 Å². The molecule has 3 aromatic rings. The van der Waals surface area contributed by atoms with Crippen molar-refractivity contribution in [2.75, 3.05) is 6.54 Å². The third-order valence-electron chi connectivity index (χ3n) is 6.07. The molecule has 12 nitrogen and oxygen atoms in total. The molecule has 0 fully saturated rings. The van der Waals surface area contributed by atoms with Gasteiger partial charge in [0.25, 0.3) is 0 Å². The van der Waals surface area contributed by atoms with Crippen LogP contribution in [0.2, 0.25) is 0 Å². The molecule has 3 unspecified atom stereocenters. The standard InChI is InChI=1S/C27H31N5O7/c28-19(13-17-14-29-20-9-5-4-8-18(17)20)25(36)32-21(10-11-24(34)35)26(37)30-15-23(33)31-22(27(38)39)12-16-6-2-1-3-7-16/h1-9,14,19,21-22,29H,10-13,15,28H2,(H,30,37)(H,31,33)(H,32,36)(H,34,35)(H,38,39). The highest BCUT2D eigenvalue weighted by molar-refractivity contribution is 5.93. The Labute approximate surface area is 224 Å². The van der Waals surface area contributed by atoms with Crippen molar-refractivity contribution in [1.29, 1.82) is 0 Å². The lowest BCUT2D eigenvalue weighted by Crippen LogP contribution is -2.54. The van der Waals surface area contributed by atoms with E-state index in [9.17, 15) is 29.1 Å². The van der Waals surface area contributed by atoms with Crippen LogP contribution in [0.1, 0.15) is 24.0 Å². The molecule has 1 aromatic heterocycles. The van der Waals surface area contributed by atoms with Gasteiger partial charge < -0.3 is 36.9 Å². The number of hydrogen-bond donors (Lipinski definition) is 7. The molecule has 206 valence electrons. The number of aromatic nitrogens is 1. The Balaban J connectivity index is 1.57. The van der Waals surface area contributed by atoms with Crippen LogP contribution in [0.15, 0.2) is 60.8 Å². The topological polar surface area (TPSA) is 204 Å². The molecule has 0 bridgehead atoms. The van der Waals surface area contributed by atoms with E-state index in [1.165, 1.54) is 0 Å². The maximum absolute atomic E-state index is 12.8. The van der Waals surface area contributed by atoms with E-state index < -0.39 is 60.8 Å². The van der Waals surface area contributed by atoms with Crippen molar-refractivity contribution in [3.8, 4) is 0 Å². The first-order chi connectivity index (χ1) is 18.6. The SMILES string of the molecule is NC(Cc1c[nH]c2ccccc12)C(=O)NC(CCC(=O)O)C(=O)NCC(=O)NC(Cc1ccccc1)C(=O)O. The average Bonchev–Trinajstić information content (AvgIpc) is 3.32. The second-order valence-corrected chi connectivity index (χ2v) is 9.03. The van der Waals surface area contributed by atoms with Gasteiger partial charge in [0.15, 0.2) is 0 Å². The summed E-state index contributed by atoms with van der Waals surface area (Å²) in [5, 5.41) is 26.6. The summed E-state index contributed by atoms with van der Waals surface area (Å²) in [6, 6.07) is 12.7. The van der Waals surface area contributed by atoms with E-state index >= 15 is 0 Å². The van der Waals surface area contributed by atoms with Gasteiger partial charge in [-0.3, -0.25) is 19.2 Å². The molecule has 0 aliphatic heterocycles. The van der Waals surface area contributed by atoms with E-state index in [-0.39, 0.29) is 19.3 Å². The number of fused-ring (bicyclic) bond motifs is 1. The van der Waals surface area contributed by atoms with Crippen molar-refractivity contribution in [3.05, 3.63) is 71.9 Å². The molecule has 0 aliphatic rings. The summed E-state index contributed by atoms with van der Waals surface area (Å²) < 4.78 is 0. The minimum atomic E-state index is -1.27. The highest BCUT2D eigenvalue weighted by Crippen LogP contribution is 2.18. The third-order valence-corrected chi connectivity index (χ3v) is 6.07. The van der Waals surface area contributed by atoms with Gasteiger partial charge in [0.05, 0.1) is 12.6 Å². The van der Waals surface area contributed by atoms with Crippen molar-refractivity contribution < 1.29 is 34.2 Å². The quantitative estimate of drug-likeness (QED) is 0.152. The molecular weight excluding hydrogens is 506 g/mol. The fourth-order valence-electron chi connectivity index (χ4n) is 4.03. The molecule has 8 N–H and O–H groups in total. The molecule has 2 aromatic carbocycles. The van der Waals surface area contributed by atoms with Gasteiger partial charge in [-0.15, -0.1) is 0 Å². The van der Waals surface area contributed by atoms with Crippen LogP contribution in [-0.2, 0) is 36.8 Å². The Kier molecular flexibility index (Phi) is 10.2. The van der Waals surface area contributed by atoms with Crippen LogP contribution in [0.4, 0.5) is 0 Å². The van der Waals surface area contributed by atoms with Gasteiger partial charge in [-0.05, 0) is 30.0 Å². The van der Waals surface area contributed by atoms with E-state index in [2.05, 4.69) is 20.9 Å². The third kappa shape index (κ3) is 8.68. The van der Waals surface area contributed by atoms with Crippen LogP contribution < -0.4 is 21.7 Å². The highest BCUT2D eigenvalue weighted by Gasteiger charge is 2.26. The van der Waals surface area contributed by atoms with Gasteiger partial charge in [-0.1, -0.05) is 48.5 Å². The molecule has 0 aliphatic carbocycles. The van der Waals surface area contributed by atoms with E-state index in [1.807, 2.05) is 24.3 Å². The number of hydrogen-bond acceptors (Lipinski definition) is 6. The number of carboxylic acid groups (broad SMARTS) is 2. The number of H-pyrrole nitrogens is 1. The molecule has 3 atom stereocenters. The molecule has 39 heavy (non-hydrogen) atoms. The zero-order valence-corrected chi connectivity index (χ0v) is 21.1. The average molecular weight is 538 g/mol. The molecule has 0 saturated carbocycles. The van der Waals surface area contributed by atoms with Crippen molar-refractivity contribution in [2.24, 2.45) is 5.73 Å². The lowest BCUT2D eigenvalue weighted by atomic mass is 10.0. The van der Waals surface area contributed by atoms with Gasteiger partial charge in [-0.25, -0.2) is 4.79 Å². The number of aliphatic carboxylic acids is 2. The van der Waals surface area contributed by atoms with Crippen LogP contribution in [0, 0.1) is 0 Å². The number of nitrogens with two attached hydrogens (primary N) is 1. The van der Waals surface area contributed by atoms with Crippen LogP contribution in [-0.4, -0.2) is 69.5 Å². The molecule has 3 amide bonds. The minimum Gasteiger partial charge on any atom is -0.481 e. The van der Waals surface area contributed by atoms with Crippen LogP contribution in [0.5, 0.6) is 0 Å². The van der Waals surface area contributed by atoms with Gasteiger partial charge in [-0.2, -0.15) is 0 Å². The Hall–Kier alpha value is -4.71. The smallest absolute Gasteiger partial charge is 0.326 e.